The molecule has 0 aromatic heterocycles. The van der Waals surface area contributed by atoms with E-state index in [0.29, 0.717) is 0 Å². The molecule has 1 aliphatic rings. The van der Waals surface area contributed by atoms with Gasteiger partial charge in [0.15, 0.2) is 0 Å². The SMILES string of the molecule is FC1(F)C(Cl)=C(SCl)C(F)(F)C(F)(F)C1(F)F. The van der Waals surface area contributed by atoms with Crippen LogP contribution in [-0.4, -0.2) is 23.7 Å². The summed E-state index contributed by atoms with van der Waals surface area (Å²) in [4.78, 5) is -2.19. The fourth-order valence-corrected chi connectivity index (χ4v) is 2.45. The number of allylic oxidation sites excluding steroid dienone is 2. The normalized spacial score (nSPS) is 29.3. The van der Waals surface area contributed by atoms with Crippen molar-refractivity contribution in [1.29, 1.82) is 0 Å². The molecule has 11 heteroatoms. The third-order valence-corrected chi connectivity index (χ3v) is 3.64. The van der Waals surface area contributed by atoms with E-state index in [4.69, 9.17) is 10.7 Å². The van der Waals surface area contributed by atoms with Gasteiger partial charge < -0.3 is 0 Å². The highest BCUT2D eigenvalue weighted by Gasteiger charge is 2.86. The van der Waals surface area contributed by atoms with Crippen LogP contribution in [0.4, 0.5) is 35.1 Å². The zero-order valence-corrected chi connectivity index (χ0v) is 9.52. The standard InChI is InChI=1S/C6Cl2F8S/c7-1-2(17-8)4(11,12)6(15,16)5(13,14)3(1,9)10. The topological polar surface area (TPSA) is 0 Å². The number of halogens is 10. The van der Waals surface area contributed by atoms with E-state index in [2.05, 4.69) is 11.6 Å². The highest BCUT2D eigenvalue weighted by atomic mass is 35.7. The summed E-state index contributed by atoms with van der Waals surface area (Å²) in [6.07, 6.45) is 0. The van der Waals surface area contributed by atoms with Crippen LogP contribution in [0, 0.1) is 0 Å². The molecule has 0 atom stereocenters. The van der Waals surface area contributed by atoms with Crippen molar-refractivity contribution in [2.75, 3.05) is 0 Å². The van der Waals surface area contributed by atoms with Crippen LogP contribution in [0.5, 0.6) is 0 Å². The van der Waals surface area contributed by atoms with Gasteiger partial charge in [0.25, 0.3) is 0 Å². The molecular weight excluding hydrogens is 327 g/mol. The zero-order chi connectivity index (χ0) is 13.9. The molecule has 0 saturated heterocycles. The van der Waals surface area contributed by atoms with Crippen molar-refractivity contribution < 1.29 is 35.1 Å². The number of hydrogen-bond donors (Lipinski definition) is 0. The second-order valence-electron chi connectivity index (χ2n) is 3.02. The Bertz CT molecular complexity index is 376. The Morgan fingerprint density at radius 2 is 1.12 bits per heavy atom. The van der Waals surface area contributed by atoms with Crippen molar-refractivity contribution in [3.63, 3.8) is 0 Å². The number of hydrogen-bond acceptors (Lipinski definition) is 1. The maximum absolute atomic E-state index is 12.9. The van der Waals surface area contributed by atoms with Crippen molar-refractivity contribution in [3.8, 4) is 0 Å². The quantitative estimate of drug-likeness (QED) is 0.619. The third kappa shape index (κ3) is 1.58. The minimum atomic E-state index is -6.32. The first-order valence-corrected chi connectivity index (χ1v) is 5.58. The van der Waals surface area contributed by atoms with Crippen LogP contribution in [0.25, 0.3) is 0 Å². The predicted octanol–water partition coefficient (Wildman–Crippen LogP) is 4.88. The smallest absolute Gasteiger partial charge is 0.193 e. The average Bonchev–Trinajstić information content (AvgIpc) is 2.15. The summed E-state index contributed by atoms with van der Waals surface area (Å²) in [5, 5.41) is -2.39. The van der Waals surface area contributed by atoms with Crippen LogP contribution in [0.3, 0.4) is 0 Å². The summed E-state index contributed by atoms with van der Waals surface area (Å²) in [6.45, 7) is 0. The molecule has 0 nitrogen and oxygen atoms in total. The van der Waals surface area contributed by atoms with Gasteiger partial charge in [-0.15, -0.1) is 0 Å². The van der Waals surface area contributed by atoms with Crippen LogP contribution in [0.2, 0.25) is 0 Å². The lowest BCUT2D eigenvalue weighted by Gasteiger charge is -2.41. The second-order valence-corrected chi connectivity index (χ2v) is 4.42. The molecule has 0 unspecified atom stereocenters. The summed E-state index contributed by atoms with van der Waals surface area (Å²) in [5.41, 5.74) is 0. The minimum absolute atomic E-state index is 0.757. The van der Waals surface area contributed by atoms with Gasteiger partial charge in [-0.25, -0.2) is 0 Å². The van der Waals surface area contributed by atoms with E-state index in [1.807, 2.05) is 0 Å². The van der Waals surface area contributed by atoms with Gasteiger partial charge in [-0.3, -0.25) is 0 Å². The maximum Gasteiger partial charge on any atom is 0.383 e. The molecule has 0 aliphatic heterocycles. The van der Waals surface area contributed by atoms with Gasteiger partial charge in [0.2, 0.25) is 0 Å². The molecule has 0 aromatic carbocycles. The second kappa shape index (κ2) is 3.80. The number of alkyl halides is 8. The summed E-state index contributed by atoms with van der Waals surface area (Å²) >= 11 is 4.60. The largest absolute Gasteiger partial charge is 0.383 e. The Hall–Kier alpha value is 0.110. The maximum atomic E-state index is 12.9. The van der Waals surface area contributed by atoms with Crippen LogP contribution in [-0.2, 0) is 0 Å². The molecule has 0 heterocycles. The molecule has 0 amide bonds. The van der Waals surface area contributed by atoms with E-state index in [-0.39, 0.29) is 0 Å². The van der Waals surface area contributed by atoms with E-state index in [1.165, 1.54) is 0 Å². The first kappa shape index (κ1) is 15.2. The minimum Gasteiger partial charge on any atom is -0.193 e. The lowest BCUT2D eigenvalue weighted by Crippen LogP contribution is -2.66. The van der Waals surface area contributed by atoms with Crippen molar-refractivity contribution in [3.05, 3.63) is 9.94 Å². The highest BCUT2D eigenvalue weighted by molar-refractivity contribution is 8.24. The first-order valence-electron chi connectivity index (χ1n) is 3.56. The Labute approximate surface area is 102 Å². The van der Waals surface area contributed by atoms with Gasteiger partial charge in [-0.05, 0) is 21.7 Å². The molecule has 0 fully saturated rings. The Kier molecular flexibility index (Phi) is 3.39. The molecule has 0 saturated carbocycles. The van der Waals surface area contributed by atoms with Crippen LogP contribution >= 0.6 is 33.3 Å². The molecule has 100 valence electrons. The molecule has 1 rings (SSSR count). The summed E-state index contributed by atoms with van der Waals surface area (Å²) in [7, 11) is 3.93. The fraction of sp³-hybridized carbons (Fsp3) is 0.667. The molecule has 0 N–H and O–H groups in total. The Balaban J connectivity index is 3.67. The van der Waals surface area contributed by atoms with E-state index < -0.39 is 44.6 Å². The molecule has 0 aromatic rings. The molecule has 0 spiro atoms. The molecule has 1 aliphatic carbocycles. The van der Waals surface area contributed by atoms with Gasteiger partial charge in [0.1, 0.15) is 5.03 Å². The Morgan fingerprint density at radius 3 is 1.47 bits per heavy atom. The number of rotatable bonds is 1. The van der Waals surface area contributed by atoms with Crippen LogP contribution in [0.15, 0.2) is 9.94 Å². The van der Waals surface area contributed by atoms with Crippen LogP contribution in [0.1, 0.15) is 0 Å². The molecule has 0 bridgehead atoms. The van der Waals surface area contributed by atoms with E-state index >= 15 is 0 Å². The van der Waals surface area contributed by atoms with E-state index in [0.717, 1.165) is 0 Å². The lowest BCUT2D eigenvalue weighted by atomic mass is 9.91. The zero-order valence-electron chi connectivity index (χ0n) is 7.19. The lowest BCUT2D eigenvalue weighted by molar-refractivity contribution is -0.354. The van der Waals surface area contributed by atoms with Gasteiger partial charge in [0.05, 0.1) is 4.91 Å². The first-order chi connectivity index (χ1) is 7.35. The van der Waals surface area contributed by atoms with Crippen molar-refractivity contribution in [1.82, 2.24) is 0 Å². The summed E-state index contributed by atoms with van der Waals surface area (Å²) in [5.74, 6) is -23.8. The monoisotopic (exact) mass is 326 g/mol. The third-order valence-electron chi connectivity index (χ3n) is 2.02. The van der Waals surface area contributed by atoms with Gasteiger partial charge in [0, 0.05) is 0 Å². The van der Waals surface area contributed by atoms with Gasteiger partial charge >= 0.3 is 23.7 Å². The molecule has 17 heavy (non-hydrogen) atoms. The van der Waals surface area contributed by atoms with Gasteiger partial charge in [-0.2, -0.15) is 35.1 Å². The molecular formula is C6Cl2F8S. The molecule has 0 radical (unpaired) electrons. The summed E-state index contributed by atoms with van der Waals surface area (Å²) < 4.78 is 102. The van der Waals surface area contributed by atoms with E-state index in [9.17, 15) is 35.1 Å². The van der Waals surface area contributed by atoms with Crippen molar-refractivity contribution in [2.45, 2.75) is 23.7 Å². The van der Waals surface area contributed by atoms with E-state index in [1.54, 1.807) is 0 Å². The van der Waals surface area contributed by atoms with Crippen LogP contribution < -0.4 is 0 Å². The summed E-state index contributed by atoms with van der Waals surface area (Å²) in [6, 6.07) is 0. The Morgan fingerprint density at radius 1 is 0.765 bits per heavy atom. The highest BCUT2D eigenvalue weighted by Crippen LogP contribution is 2.64. The average molecular weight is 327 g/mol. The van der Waals surface area contributed by atoms with Gasteiger partial charge in [-0.1, -0.05) is 11.6 Å². The predicted molar refractivity (Wildman–Crippen MR) is 46.1 cm³/mol. The van der Waals surface area contributed by atoms with Crippen molar-refractivity contribution >= 4 is 33.3 Å². The fourth-order valence-electron chi connectivity index (χ4n) is 1.04. The van der Waals surface area contributed by atoms with Crippen molar-refractivity contribution in [2.24, 2.45) is 0 Å².